The van der Waals surface area contributed by atoms with Gasteiger partial charge in [0.15, 0.2) is 0 Å². The molecule has 0 aliphatic carbocycles. The summed E-state index contributed by atoms with van der Waals surface area (Å²) in [5, 5.41) is 6.07. The van der Waals surface area contributed by atoms with E-state index in [-0.39, 0.29) is 12.0 Å². The molecule has 0 aromatic rings. The second kappa shape index (κ2) is 4.25. The van der Waals surface area contributed by atoms with E-state index in [0.717, 1.165) is 19.6 Å². The molecule has 0 aromatic heterocycles. The zero-order chi connectivity index (χ0) is 9.97. The van der Waals surface area contributed by atoms with Gasteiger partial charge in [0.25, 0.3) is 5.91 Å². The minimum absolute atomic E-state index is 0.0306. The third-order valence-electron chi connectivity index (χ3n) is 2.69. The summed E-state index contributed by atoms with van der Waals surface area (Å²) in [6.45, 7) is 4.03. The fraction of sp³-hybridized carbons (Fsp3) is 0.889. The number of nitrogens with one attached hydrogen (secondary N) is 2. The van der Waals surface area contributed by atoms with Gasteiger partial charge in [-0.3, -0.25) is 4.79 Å². The van der Waals surface area contributed by atoms with E-state index in [1.54, 1.807) is 0 Å². The molecule has 2 saturated heterocycles. The Morgan fingerprint density at radius 1 is 1.57 bits per heavy atom. The van der Waals surface area contributed by atoms with Crippen molar-refractivity contribution in [1.82, 2.24) is 15.5 Å². The van der Waals surface area contributed by atoms with Gasteiger partial charge in [-0.1, -0.05) is 0 Å². The monoisotopic (exact) mass is 199 g/mol. The van der Waals surface area contributed by atoms with Gasteiger partial charge in [0.2, 0.25) is 0 Å². The number of carbonyl (C=O) groups excluding carboxylic acids is 1. The summed E-state index contributed by atoms with van der Waals surface area (Å²) in [6, 6.07) is 0.304. The summed E-state index contributed by atoms with van der Waals surface area (Å²) in [6.07, 6.45) is -0.283. The van der Waals surface area contributed by atoms with E-state index in [0.29, 0.717) is 19.2 Å². The first-order valence-electron chi connectivity index (χ1n) is 5.07. The molecule has 5 nitrogen and oxygen atoms in total. The molecule has 2 aliphatic heterocycles. The number of hydrogen-bond acceptors (Lipinski definition) is 4. The maximum absolute atomic E-state index is 11.7. The first kappa shape index (κ1) is 9.89. The van der Waals surface area contributed by atoms with Gasteiger partial charge < -0.3 is 20.3 Å². The summed E-state index contributed by atoms with van der Waals surface area (Å²) in [4.78, 5) is 13.8. The van der Waals surface area contributed by atoms with Gasteiger partial charge in [-0.2, -0.15) is 0 Å². The van der Waals surface area contributed by atoms with Crippen molar-refractivity contribution in [3.63, 3.8) is 0 Å². The van der Waals surface area contributed by atoms with Crippen molar-refractivity contribution in [2.24, 2.45) is 0 Å². The van der Waals surface area contributed by atoms with E-state index in [9.17, 15) is 4.79 Å². The first-order chi connectivity index (χ1) is 6.75. The molecule has 2 fully saturated rings. The Kier molecular flexibility index (Phi) is 3.00. The summed E-state index contributed by atoms with van der Waals surface area (Å²) in [5.41, 5.74) is 0. The van der Waals surface area contributed by atoms with Crippen molar-refractivity contribution in [3.8, 4) is 0 Å². The van der Waals surface area contributed by atoms with Gasteiger partial charge in [-0.25, -0.2) is 0 Å². The van der Waals surface area contributed by atoms with Crippen LogP contribution < -0.4 is 10.6 Å². The zero-order valence-electron chi connectivity index (χ0n) is 8.45. The van der Waals surface area contributed by atoms with Crippen molar-refractivity contribution >= 4 is 5.91 Å². The minimum atomic E-state index is -0.283. The predicted molar refractivity (Wildman–Crippen MR) is 52.0 cm³/mol. The lowest BCUT2D eigenvalue weighted by atomic mass is 10.1. The SMILES string of the molecule is CN1CCOC(C(=O)NC2CNC2)C1. The van der Waals surface area contributed by atoms with Gasteiger partial charge in [0, 0.05) is 26.2 Å². The van der Waals surface area contributed by atoms with Crippen LogP contribution in [-0.4, -0.2) is 62.8 Å². The topological polar surface area (TPSA) is 53.6 Å². The Morgan fingerprint density at radius 3 is 2.93 bits per heavy atom. The third kappa shape index (κ3) is 2.23. The molecule has 2 heterocycles. The molecule has 80 valence electrons. The standard InChI is InChI=1S/C9H17N3O2/c1-12-2-3-14-8(6-12)9(13)11-7-4-10-5-7/h7-8,10H,2-6H2,1H3,(H,11,13). The first-order valence-corrected chi connectivity index (χ1v) is 5.07. The Bertz CT molecular complexity index is 218. The van der Waals surface area contributed by atoms with Crippen LogP contribution in [0.4, 0.5) is 0 Å². The number of hydrogen-bond donors (Lipinski definition) is 2. The Hall–Kier alpha value is -0.650. The van der Waals surface area contributed by atoms with E-state index in [4.69, 9.17) is 4.74 Å². The number of amides is 1. The van der Waals surface area contributed by atoms with Crippen molar-refractivity contribution in [2.75, 3.05) is 39.8 Å². The molecular weight excluding hydrogens is 182 g/mol. The molecule has 5 heteroatoms. The minimum Gasteiger partial charge on any atom is -0.366 e. The Morgan fingerprint density at radius 2 is 2.36 bits per heavy atom. The smallest absolute Gasteiger partial charge is 0.250 e. The van der Waals surface area contributed by atoms with E-state index in [1.165, 1.54) is 0 Å². The van der Waals surface area contributed by atoms with Crippen LogP contribution in [0, 0.1) is 0 Å². The van der Waals surface area contributed by atoms with Crippen molar-refractivity contribution in [1.29, 1.82) is 0 Å². The Balaban J connectivity index is 1.77. The predicted octanol–water partition coefficient (Wildman–Crippen LogP) is -1.59. The molecule has 0 saturated carbocycles. The molecule has 0 bridgehead atoms. The van der Waals surface area contributed by atoms with Crippen LogP contribution in [0.5, 0.6) is 0 Å². The molecule has 0 radical (unpaired) electrons. The normalized spacial score (nSPS) is 29.6. The van der Waals surface area contributed by atoms with E-state index < -0.39 is 0 Å². The maximum atomic E-state index is 11.7. The van der Waals surface area contributed by atoms with Gasteiger partial charge in [0.05, 0.1) is 12.6 Å². The summed E-state index contributed by atoms with van der Waals surface area (Å²) < 4.78 is 5.41. The lowest BCUT2D eigenvalue weighted by molar-refractivity contribution is -0.138. The van der Waals surface area contributed by atoms with Crippen molar-refractivity contribution < 1.29 is 9.53 Å². The molecule has 1 unspecified atom stereocenters. The van der Waals surface area contributed by atoms with Gasteiger partial charge in [-0.05, 0) is 7.05 Å². The largest absolute Gasteiger partial charge is 0.366 e. The highest BCUT2D eigenvalue weighted by molar-refractivity contribution is 5.81. The molecule has 0 aromatic carbocycles. The molecule has 2 aliphatic rings. The van der Waals surface area contributed by atoms with Crippen LogP contribution >= 0.6 is 0 Å². The number of carbonyl (C=O) groups is 1. The van der Waals surface area contributed by atoms with Crippen LogP contribution in [-0.2, 0) is 9.53 Å². The fourth-order valence-corrected chi connectivity index (χ4v) is 1.62. The highest BCUT2D eigenvalue weighted by Gasteiger charge is 2.28. The molecule has 2 rings (SSSR count). The Labute approximate surface area is 83.8 Å². The third-order valence-corrected chi connectivity index (χ3v) is 2.69. The van der Waals surface area contributed by atoms with Gasteiger partial charge in [0.1, 0.15) is 6.10 Å². The summed E-state index contributed by atoms with van der Waals surface area (Å²) in [7, 11) is 2.01. The van der Waals surface area contributed by atoms with Crippen LogP contribution in [0.25, 0.3) is 0 Å². The number of ether oxygens (including phenoxy) is 1. The zero-order valence-corrected chi connectivity index (χ0v) is 8.45. The summed E-state index contributed by atoms with van der Waals surface area (Å²) in [5.74, 6) is 0.0306. The summed E-state index contributed by atoms with van der Waals surface area (Å²) >= 11 is 0. The maximum Gasteiger partial charge on any atom is 0.250 e. The molecule has 1 amide bonds. The lowest BCUT2D eigenvalue weighted by Gasteiger charge is -2.33. The number of rotatable bonds is 2. The van der Waals surface area contributed by atoms with E-state index in [1.807, 2.05) is 7.05 Å². The molecule has 14 heavy (non-hydrogen) atoms. The van der Waals surface area contributed by atoms with Gasteiger partial charge in [-0.15, -0.1) is 0 Å². The van der Waals surface area contributed by atoms with E-state index >= 15 is 0 Å². The molecule has 1 atom stereocenters. The molecule has 0 spiro atoms. The second-order valence-corrected chi connectivity index (χ2v) is 3.99. The van der Waals surface area contributed by atoms with Crippen LogP contribution in [0.2, 0.25) is 0 Å². The quantitative estimate of drug-likeness (QED) is 0.563. The highest BCUT2D eigenvalue weighted by Crippen LogP contribution is 2.03. The van der Waals surface area contributed by atoms with Crippen LogP contribution in [0.1, 0.15) is 0 Å². The van der Waals surface area contributed by atoms with Gasteiger partial charge >= 0.3 is 0 Å². The van der Waals surface area contributed by atoms with Crippen LogP contribution in [0.15, 0.2) is 0 Å². The molecule has 2 N–H and O–H groups in total. The van der Waals surface area contributed by atoms with Crippen molar-refractivity contribution in [3.05, 3.63) is 0 Å². The average molecular weight is 199 g/mol. The highest BCUT2D eigenvalue weighted by atomic mass is 16.5. The van der Waals surface area contributed by atoms with Crippen LogP contribution in [0.3, 0.4) is 0 Å². The fourth-order valence-electron chi connectivity index (χ4n) is 1.62. The number of morpholine rings is 1. The second-order valence-electron chi connectivity index (χ2n) is 3.99. The molecular formula is C9H17N3O2. The lowest BCUT2D eigenvalue weighted by Crippen LogP contribution is -2.60. The van der Waals surface area contributed by atoms with Crippen molar-refractivity contribution in [2.45, 2.75) is 12.1 Å². The van der Waals surface area contributed by atoms with E-state index in [2.05, 4.69) is 15.5 Å². The number of nitrogens with zero attached hydrogens (tertiary/aromatic N) is 1. The average Bonchev–Trinajstić information content (AvgIpc) is 2.11. The number of likely N-dealkylation sites (N-methyl/N-ethyl adjacent to an activating group) is 1.